The molecule has 1 aromatic rings. The zero-order chi connectivity index (χ0) is 6.69. The maximum Gasteiger partial charge on any atom is 0.284 e. The summed E-state index contributed by atoms with van der Waals surface area (Å²) in [5, 5.41) is 3.30. The van der Waals surface area contributed by atoms with Crippen LogP contribution in [0.2, 0.25) is 0 Å². The minimum absolute atomic E-state index is 0.419. The standard InChI is InChI=1S/C4H4N2O2S/c5-4(7)9-3-1-2-6-8-3/h1-2H,(H2,5,7). The minimum atomic E-state index is -0.494. The van der Waals surface area contributed by atoms with Crippen molar-refractivity contribution in [3.63, 3.8) is 0 Å². The van der Waals surface area contributed by atoms with Crippen molar-refractivity contribution >= 4 is 17.0 Å². The molecule has 0 aliphatic carbocycles. The first kappa shape index (κ1) is 6.15. The zero-order valence-electron chi connectivity index (χ0n) is 4.40. The van der Waals surface area contributed by atoms with Crippen molar-refractivity contribution < 1.29 is 9.32 Å². The van der Waals surface area contributed by atoms with Gasteiger partial charge >= 0.3 is 0 Å². The van der Waals surface area contributed by atoms with Crippen LogP contribution in [0.1, 0.15) is 0 Å². The minimum Gasteiger partial charge on any atom is -0.360 e. The third kappa shape index (κ3) is 1.77. The lowest BCUT2D eigenvalue weighted by Crippen LogP contribution is -2.00. The van der Waals surface area contributed by atoms with Crippen LogP contribution < -0.4 is 5.73 Å². The number of nitrogens with two attached hydrogens (primary N) is 1. The van der Waals surface area contributed by atoms with Crippen molar-refractivity contribution in [1.82, 2.24) is 5.16 Å². The van der Waals surface area contributed by atoms with Gasteiger partial charge in [0.05, 0.1) is 6.20 Å². The monoisotopic (exact) mass is 144 g/mol. The Balaban J connectivity index is 2.58. The van der Waals surface area contributed by atoms with Crippen molar-refractivity contribution in [1.29, 1.82) is 0 Å². The second-order valence-electron chi connectivity index (χ2n) is 1.25. The van der Waals surface area contributed by atoms with Crippen molar-refractivity contribution in [3.05, 3.63) is 12.3 Å². The second-order valence-corrected chi connectivity index (χ2v) is 2.26. The van der Waals surface area contributed by atoms with E-state index in [1.807, 2.05) is 0 Å². The molecule has 0 aliphatic rings. The summed E-state index contributed by atoms with van der Waals surface area (Å²) in [5.41, 5.74) is 4.82. The zero-order valence-corrected chi connectivity index (χ0v) is 5.22. The Bertz CT molecular complexity index is 196. The van der Waals surface area contributed by atoms with Gasteiger partial charge in [0.2, 0.25) is 5.09 Å². The number of primary amides is 1. The normalized spacial score (nSPS) is 9.33. The molecule has 9 heavy (non-hydrogen) atoms. The van der Waals surface area contributed by atoms with Gasteiger partial charge in [-0.25, -0.2) is 0 Å². The highest BCUT2D eigenvalue weighted by Gasteiger charge is 2.00. The van der Waals surface area contributed by atoms with Crippen LogP contribution >= 0.6 is 11.8 Å². The molecule has 1 heterocycles. The van der Waals surface area contributed by atoms with Gasteiger partial charge in [0.1, 0.15) is 0 Å². The molecule has 1 rings (SSSR count). The summed E-state index contributed by atoms with van der Waals surface area (Å²) in [6.07, 6.45) is 1.45. The van der Waals surface area contributed by atoms with Gasteiger partial charge in [-0.05, 0) is 0 Å². The molecule has 48 valence electrons. The van der Waals surface area contributed by atoms with Crippen molar-refractivity contribution in [3.8, 4) is 0 Å². The third-order valence-corrected chi connectivity index (χ3v) is 1.23. The van der Waals surface area contributed by atoms with E-state index >= 15 is 0 Å². The predicted octanol–water partition coefficient (Wildman–Crippen LogP) is 0.845. The molecule has 4 nitrogen and oxygen atoms in total. The van der Waals surface area contributed by atoms with Crippen LogP contribution in [0.5, 0.6) is 0 Å². The van der Waals surface area contributed by atoms with E-state index in [0.29, 0.717) is 5.09 Å². The van der Waals surface area contributed by atoms with E-state index in [4.69, 9.17) is 5.73 Å². The summed E-state index contributed by atoms with van der Waals surface area (Å²) in [5.74, 6) is 0. The molecular formula is C4H4N2O2S. The molecule has 0 fully saturated rings. The summed E-state index contributed by atoms with van der Waals surface area (Å²) in [4.78, 5) is 10.2. The quantitative estimate of drug-likeness (QED) is 0.593. The van der Waals surface area contributed by atoms with Crippen LogP contribution in [-0.4, -0.2) is 10.4 Å². The summed E-state index contributed by atoms with van der Waals surface area (Å²) < 4.78 is 4.56. The maximum atomic E-state index is 10.2. The van der Waals surface area contributed by atoms with Crippen LogP contribution in [0, 0.1) is 0 Å². The van der Waals surface area contributed by atoms with E-state index in [2.05, 4.69) is 9.68 Å². The van der Waals surface area contributed by atoms with Crippen molar-refractivity contribution in [2.24, 2.45) is 5.73 Å². The number of thioether (sulfide) groups is 1. The van der Waals surface area contributed by atoms with Crippen LogP contribution in [0.15, 0.2) is 21.9 Å². The number of nitrogens with zero attached hydrogens (tertiary/aromatic N) is 1. The fraction of sp³-hybridized carbons (Fsp3) is 0. The lowest BCUT2D eigenvalue weighted by Gasteiger charge is -1.83. The third-order valence-electron chi connectivity index (χ3n) is 0.615. The summed E-state index contributed by atoms with van der Waals surface area (Å²) in [6.45, 7) is 0. The van der Waals surface area contributed by atoms with Gasteiger partial charge in [-0.2, -0.15) is 0 Å². The molecule has 0 aromatic carbocycles. The molecular weight excluding hydrogens is 140 g/mol. The SMILES string of the molecule is NC(=O)Sc1ccno1. The van der Waals surface area contributed by atoms with Crippen molar-refractivity contribution in [2.75, 3.05) is 0 Å². The first-order valence-corrected chi connectivity index (χ1v) is 2.98. The highest BCUT2D eigenvalue weighted by atomic mass is 32.2. The Labute approximate surface area is 55.4 Å². The number of rotatable bonds is 1. The summed E-state index contributed by atoms with van der Waals surface area (Å²) in [6, 6.07) is 1.56. The molecule has 0 saturated heterocycles. The van der Waals surface area contributed by atoms with Gasteiger partial charge in [0.15, 0.2) is 0 Å². The molecule has 0 radical (unpaired) electrons. The maximum absolute atomic E-state index is 10.2. The molecule has 0 aliphatic heterocycles. The first-order chi connectivity index (χ1) is 4.29. The predicted molar refractivity (Wildman–Crippen MR) is 31.9 cm³/mol. The number of aromatic nitrogens is 1. The van der Waals surface area contributed by atoms with E-state index in [-0.39, 0.29) is 0 Å². The lowest BCUT2D eigenvalue weighted by molar-refractivity contribution is 0.266. The Hall–Kier alpha value is -0.970. The van der Waals surface area contributed by atoms with E-state index in [1.54, 1.807) is 6.07 Å². The molecule has 0 bridgehead atoms. The van der Waals surface area contributed by atoms with Crippen LogP contribution in [0.4, 0.5) is 4.79 Å². The fourth-order valence-electron chi connectivity index (χ4n) is 0.356. The highest BCUT2D eigenvalue weighted by Crippen LogP contribution is 2.15. The Morgan fingerprint density at radius 1 is 1.89 bits per heavy atom. The van der Waals surface area contributed by atoms with Gasteiger partial charge in [-0.15, -0.1) is 0 Å². The molecule has 0 saturated carbocycles. The van der Waals surface area contributed by atoms with E-state index in [1.165, 1.54) is 6.20 Å². The number of carbonyl (C=O) groups is 1. The second kappa shape index (κ2) is 2.54. The highest BCUT2D eigenvalue weighted by molar-refractivity contribution is 8.13. The van der Waals surface area contributed by atoms with Crippen LogP contribution in [0.25, 0.3) is 0 Å². The summed E-state index contributed by atoms with van der Waals surface area (Å²) in [7, 11) is 0. The largest absolute Gasteiger partial charge is 0.360 e. The Morgan fingerprint density at radius 3 is 3.11 bits per heavy atom. The van der Waals surface area contributed by atoms with E-state index in [9.17, 15) is 4.79 Å². The molecule has 1 amide bonds. The molecule has 2 N–H and O–H groups in total. The molecule has 0 atom stereocenters. The average molecular weight is 144 g/mol. The number of hydrogen-bond acceptors (Lipinski definition) is 4. The fourth-order valence-corrected chi connectivity index (χ4v) is 0.763. The lowest BCUT2D eigenvalue weighted by atomic mass is 10.8. The molecule has 0 spiro atoms. The van der Waals surface area contributed by atoms with Gasteiger partial charge in [0.25, 0.3) is 5.24 Å². The average Bonchev–Trinajstić information content (AvgIpc) is 2.15. The van der Waals surface area contributed by atoms with Crippen LogP contribution in [-0.2, 0) is 0 Å². The molecule has 1 aromatic heterocycles. The topological polar surface area (TPSA) is 69.1 Å². The Kier molecular flexibility index (Phi) is 1.74. The first-order valence-electron chi connectivity index (χ1n) is 2.17. The molecule has 0 unspecified atom stereocenters. The van der Waals surface area contributed by atoms with E-state index in [0.717, 1.165) is 11.8 Å². The number of amides is 1. The van der Waals surface area contributed by atoms with E-state index < -0.39 is 5.24 Å². The summed E-state index contributed by atoms with van der Waals surface area (Å²) >= 11 is 0.815. The number of hydrogen-bond donors (Lipinski definition) is 1. The smallest absolute Gasteiger partial charge is 0.284 e. The molecule has 5 heteroatoms. The number of carbonyl (C=O) groups excluding carboxylic acids is 1. The Morgan fingerprint density at radius 2 is 2.67 bits per heavy atom. The van der Waals surface area contributed by atoms with Gasteiger partial charge in [-0.1, -0.05) is 5.16 Å². The van der Waals surface area contributed by atoms with Gasteiger partial charge < -0.3 is 10.3 Å². The van der Waals surface area contributed by atoms with Crippen molar-refractivity contribution in [2.45, 2.75) is 5.09 Å². The van der Waals surface area contributed by atoms with Gasteiger partial charge in [-0.3, -0.25) is 4.79 Å². The van der Waals surface area contributed by atoms with Crippen LogP contribution in [0.3, 0.4) is 0 Å². The van der Waals surface area contributed by atoms with Gasteiger partial charge in [0, 0.05) is 17.8 Å².